The summed E-state index contributed by atoms with van der Waals surface area (Å²) in [5.74, 6) is 0.238. The maximum absolute atomic E-state index is 13.1. The molecule has 0 aliphatic rings. The Bertz CT molecular complexity index is 588. The smallest absolute Gasteiger partial charge is 0.123 e. The Morgan fingerprint density at radius 2 is 1.89 bits per heavy atom. The number of hydrogen-bond acceptors (Lipinski definition) is 3. The highest BCUT2D eigenvalue weighted by Crippen LogP contribution is 2.17. The van der Waals surface area contributed by atoms with Crippen molar-refractivity contribution in [1.82, 2.24) is 0 Å². The minimum absolute atomic E-state index is 0.143. The van der Waals surface area contributed by atoms with Crippen molar-refractivity contribution in [1.29, 1.82) is 5.26 Å². The van der Waals surface area contributed by atoms with Gasteiger partial charge in [0.25, 0.3) is 0 Å². The number of benzene rings is 2. The predicted molar refractivity (Wildman–Crippen MR) is 66.3 cm³/mol. The number of ether oxygens (including phenoxy) is 1. The van der Waals surface area contributed by atoms with Crippen LogP contribution >= 0.6 is 0 Å². The number of nitrogens with two attached hydrogens (primary N) is 1. The summed E-state index contributed by atoms with van der Waals surface area (Å²) in [7, 11) is 0. The molecule has 3 nitrogen and oxygen atoms in total. The lowest BCUT2D eigenvalue weighted by atomic mass is 10.1. The first kappa shape index (κ1) is 11.9. The van der Waals surface area contributed by atoms with E-state index in [4.69, 9.17) is 15.7 Å². The molecule has 0 heterocycles. The van der Waals surface area contributed by atoms with Gasteiger partial charge in [-0.1, -0.05) is 0 Å². The average Bonchev–Trinajstić information content (AvgIpc) is 2.38. The van der Waals surface area contributed by atoms with Crippen LogP contribution in [0.3, 0.4) is 0 Å². The molecule has 0 atom stereocenters. The SMILES string of the molecule is N#Cc1ccc(F)cc1COc1ccc(N)cc1. The van der Waals surface area contributed by atoms with Crippen LogP contribution in [-0.4, -0.2) is 0 Å². The largest absolute Gasteiger partial charge is 0.489 e. The Hall–Kier alpha value is -2.54. The van der Waals surface area contributed by atoms with Crippen molar-refractivity contribution in [2.75, 3.05) is 5.73 Å². The van der Waals surface area contributed by atoms with E-state index < -0.39 is 0 Å². The van der Waals surface area contributed by atoms with Crippen LogP contribution in [0.4, 0.5) is 10.1 Å². The van der Waals surface area contributed by atoms with Gasteiger partial charge in [0.05, 0.1) is 11.6 Å². The van der Waals surface area contributed by atoms with Crippen LogP contribution in [0.5, 0.6) is 5.75 Å². The van der Waals surface area contributed by atoms with Gasteiger partial charge in [-0.15, -0.1) is 0 Å². The molecular weight excluding hydrogens is 231 g/mol. The van der Waals surface area contributed by atoms with E-state index >= 15 is 0 Å². The van der Waals surface area contributed by atoms with E-state index in [1.54, 1.807) is 24.3 Å². The Labute approximate surface area is 104 Å². The van der Waals surface area contributed by atoms with Gasteiger partial charge in [0.2, 0.25) is 0 Å². The maximum Gasteiger partial charge on any atom is 0.123 e. The zero-order valence-electron chi connectivity index (χ0n) is 9.56. The topological polar surface area (TPSA) is 59.0 Å². The first-order valence-electron chi connectivity index (χ1n) is 5.36. The van der Waals surface area contributed by atoms with E-state index in [0.717, 1.165) is 0 Å². The van der Waals surface area contributed by atoms with Gasteiger partial charge in [0.15, 0.2) is 0 Å². The Kier molecular flexibility index (Phi) is 3.44. The van der Waals surface area contributed by atoms with E-state index in [1.807, 2.05) is 6.07 Å². The summed E-state index contributed by atoms with van der Waals surface area (Å²) in [6.45, 7) is 0.143. The summed E-state index contributed by atoms with van der Waals surface area (Å²) in [5.41, 5.74) is 7.13. The molecule has 0 amide bonds. The van der Waals surface area contributed by atoms with E-state index in [2.05, 4.69) is 0 Å². The summed E-state index contributed by atoms with van der Waals surface area (Å²) in [6, 6.07) is 12.9. The van der Waals surface area contributed by atoms with E-state index in [1.165, 1.54) is 18.2 Å². The van der Waals surface area contributed by atoms with Crippen LogP contribution < -0.4 is 10.5 Å². The van der Waals surface area contributed by atoms with Gasteiger partial charge in [-0.3, -0.25) is 0 Å². The number of rotatable bonds is 3. The van der Waals surface area contributed by atoms with Crippen LogP contribution in [0.15, 0.2) is 42.5 Å². The Morgan fingerprint density at radius 3 is 2.56 bits per heavy atom. The Morgan fingerprint density at radius 1 is 1.17 bits per heavy atom. The fourth-order valence-electron chi connectivity index (χ4n) is 1.52. The van der Waals surface area contributed by atoms with E-state index in [0.29, 0.717) is 22.6 Å². The third kappa shape index (κ3) is 2.77. The fraction of sp³-hybridized carbons (Fsp3) is 0.0714. The molecule has 2 aromatic carbocycles. The molecule has 0 unspecified atom stereocenters. The van der Waals surface area contributed by atoms with Crippen molar-refractivity contribution in [2.45, 2.75) is 6.61 Å². The highest BCUT2D eigenvalue weighted by Gasteiger charge is 2.04. The molecule has 4 heteroatoms. The standard InChI is InChI=1S/C14H11FN2O/c15-12-2-1-10(8-16)11(7-12)9-18-14-5-3-13(17)4-6-14/h1-7H,9,17H2. The fourth-order valence-corrected chi connectivity index (χ4v) is 1.52. The monoisotopic (exact) mass is 242 g/mol. The summed E-state index contributed by atoms with van der Waals surface area (Å²) >= 11 is 0. The highest BCUT2D eigenvalue weighted by atomic mass is 19.1. The first-order valence-corrected chi connectivity index (χ1v) is 5.36. The molecule has 2 N–H and O–H groups in total. The quantitative estimate of drug-likeness (QED) is 0.842. The number of halogens is 1. The van der Waals surface area contributed by atoms with Gasteiger partial charge in [-0.05, 0) is 42.5 Å². The molecule has 2 rings (SSSR count). The van der Waals surface area contributed by atoms with E-state index in [-0.39, 0.29) is 12.4 Å². The summed E-state index contributed by atoms with van der Waals surface area (Å²) in [4.78, 5) is 0. The van der Waals surface area contributed by atoms with Crippen LogP contribution in [0.1, 0.15) is 11.1 Å². The summed E-state index contributed by atoms with van der Waals surface area (Å²) in [6.07, 6.45) is 0. The van der Waals surface area contributed by atoms with Gasteiger partial charge in [-0.2, -0.15) is 5.26 Å². The second-order valence-corrected chi connectivity index (χ2v) is 3.77. The lowest BCUT2D eigenvalue weighted by molar-refractivity contribution is 0.305. The normalized spacial score (nSPS) is 9.78. The molecule has 0 spiro atoms. The van der Waals surface area contributed by atoms with Crippen molar-refractivity contribution in [3.05, 3.63) is 59.4 Å². The molecule has 0 saturated carbocycles. The predicted octanol–water partition coefficient (Wildman–Crippen LogP) is 2.86. The van der Waals surface area contributed by atoms with Crippen LogP contribution in [0, 0.1) is 17.1 Å². The zero-order chi connectivity index (χ0) is 13.0. The van der Waals surface area contributed by atoms with Gasteiger partial charge in [0, 0.05) is 11.3 Å². The molecular formula is C14H11FN2O. The zero-order valence-corrected chi connectivity index (χ0v) is 9.56. The van der Waals surface area contributed by atoms with Gasteiger partial charge < -0.3 is 10.5 Å². The molecule has 0 aliphatic carbocycles. The molecule has 0 aliphatic heterocycles. The van der Waals surface area contributed by atoms with Crippen molar-refractivity contribution < 1.29 is 9.13 Å². The minimum Gasteiger partial charge on any atom is -0.489 e. The van der Waals surface area contributed by atoms with Gasteiger partial charge in [-0.25, -0.2) is 4.39 Å². The highest BCUT2D eigenvalue weighted by molar-refractivity contribution is 5.42. The van der Waals surface area contributed by atoms with Gasteiger partial charge >= 0.3 is 0 Å². The number of anilines is 1. The van der Waals surface area contributed by atoms with Crippen LogP contribution in [0.2, 0.25) is 0 Å². The van der Waals surface area contributed by atoms with Crippen LogP contribution in [0.25, 0.3) is 0 Å². The lowest BCUT2D eigenvalue weighted by Crippen LogP contribution is -1.99. The molecule has 18 heavy (non-hydrogen) atoms. The third-order valence-electron chi connectivity index (χ3n) is 2.46. The number of nitrogens with zero attached hydrogens (tertiary/aromatic N) is 1. The molecule has 90 valence electrons. The second kappa shape index (κ2) is 5.19. The average molecular weight is 242 g/mol. The second-order valence-electron chi connectivity index (χ2n) is 3.77. The minimum atomic E-state index is -0.384. The maximum atomic E-state index is 13.1. The van der Waals surface area contributed by atoms with Crippen molar-refractivity contribution in [2.24, 2.45) is 0 Å². The molecule has 0 saturated heterocycles. The van der Waals surface area contributed by atoms with E-state index in [9.17, 15) is 4.39 Å². The number of nitrogen functional groups attached to an aromatic ring is 1. The molecule has 0 bridgehead atoms. The lowest BCUT2D eigenvalue weighted by Gasteiger charge is -2.08. The number of hydrogen-bond donors (Lipinski definition) is 1. The van der Waals surface area contributed by atoms with Gasteiger partial charge in [0.1, 0.15) is 18.2 Å². The third-order valence-corrected chi connectivity index (χ3v) is 2.46. The van der Waals surface area contributed by atoms with Crippen LogP contribution in [-0.2, 0) is 6.61 Å². The van der Waals surface area contributed by atoms with Crippen molar-refractivity contribution >= 4 is 5.69 Å². The molecule has 0 aromatic heterocycles. The van der Waals surface area contributed by atoms with Crippen molar-refractivity contribution in [3.8, 4) is 11.8 Å². The number of nitriles is 1. The summed E-state index contributed by atoms with van der Waals surface area (Å²) in [5, 5.41) is 8.90. The Balaban J connectivity index is 2.13. The molecule has 0 fully saturated rings. The first-order chi connectivity index (χ1) is 8.69. The molecule has 0 radical (unpaired) electrons. The van der Waals surface area contributed by atoms with Crippen molar-refractivity contribution in [3.63, 3.8) is 0 Å². The summed E-state index contributed by atoms with van der Waals surface area (Å²) < 4.78 is 18.6. The molecule has 2 aromatic rings.